The molecule has 0 heterocycles. The van der Waals surface area contributed by atoms with Crippen molar-refractivity contribution < 1.29 is 0 Å². The summed E-state index contributed by atoms with van der Waals surface area (Å²) in [5.74, 6) is 0. The van der Waals surface area contributed by atoms with E-state index in [1.807, 2.05) is 0 Å². The molecule has 14 heavy (non-hydrogen) atoms. The van der Waals surface area contributed by atoms with Gasteiger partial charge in [-0.3, -0.25) is 0 Å². The van der Waals surface area contributed by atoms with Crippen molar-refractivity contribution in [2.24, 2.45) is 0 Å². The summed E-state index contributed by atoms with van der Waals surface area (Å²) in [6.45, 7) is 7.69. The first-order valence-electron chi connectivity index (χ1n) is 5.80. The standard InChI is InChI=1S/C9H22N2.C3H8/c1-6-9(11(4)5)7-8-10(2)3;1-3-2/h9H,6-8H2,1-5H3;3H2,1-2H3. The Morgan fingerprint density at radius 3 is 1.57 bits per heavy atom. The van der Waals surface area contributed by atoms with E-state index in [2.05, 4.69) is 58.8 Å². The molecule has 0 spiro atoms. The zero-order valence-electron chi connectivity index (χ0n) is 11.3. The largest absolute Gasteiger partial charge is 0.309 e. The minimum atomic E-state index is 0.748. The van der Waals surface area contributed by atoms with Gasteiger partial charge < -0.3 is 9.80 Å². The second-order valence-corrected chi connectivity index (χ2v) is 4.32. The summed E-state index contributed by atoms with van der Waals surface area (Å²) in [7, 11) is 8.57. The topological polar surface area (TPSA) is 6.48 Å². The number of nitrogens with zero attached hydrogens (tertiary/aromatic N) is 2. The van der Waals surface area contributed by atoms with Gasteiger partial charge in [0.15, 0.2) is 0 Å². The van der Waals surface area contributed by atoms with Gasteiger partial charge in [0.05, 0.1) is 0 Å². The first kappa shape index (κ1) is 16.4. The molecule has 0 aliphatic heterocycles. The molecule has 2 nitrogen and oxygen atoms in total. The van der Waals surface area contributed by atoms with Crippen molar-refractivity contribution in [2.75, 3.05) is 34.7 Å². The van der Waals surface area contributed by atoms with Crippen LogP contribution in [-0.4, -0.2) is 50.6 Å². The lowest BCUT2D eigenvalue weighted by atomic mass is 10.1. The maximum Gasteiger partial charge on any atom is 0.00987 e. The van der Waals surface area contributed by atoms with E-state index in [0.717, 1.165) is 6.04 Å². The predicted octanol–water partition coefficient (Wildman–Crippen LogP) is 2.69. The fourth-order valence-corrected chi connectivity index (χ4v) is 1.23. The Morgan fingerprint density at radius 1 is 0.929 bits per heavy atom. The van der Waals surface area contributed by atoms with Crippen LogP contribution in [0, 0.1) is 0 Å². The molecule has 0 saturated heterocycles. The van der Waals surface area contributed by atoms with E-state index >= 15 is 0 Å². The monoisotopic (exact) mass is 202 g/mol. The smallest absolute Gasteiger partial charge is 0.00987 e. The maximum atomic E-state index is 2.31. The number of rotatable bonds is 5. The summed E-state index contributed by atoms with van der Waals surface area (Å²) in [4.78, 5) is 4.55. The van der Waals surface area contributed by atoms with Crippen LogP contribution in [0.4, 0.5) is 0 Å². The van der Waals surface area contributed by atoms with Gasteiger partial charge in [0.25, 0.3) is 0 Å². The molecule has 0 aromatic rings. The van der Waals surface area contributed by atoms with E-state index in [1.54, 1.807) is 0 Å². The van der Waals surface area contributed by atoms with E-state index in [9.17, 15) is 0 Å². The van der Waals surface area contributed by atoms with E-state index in [4.69, 9.17) is 0 Å². The molecule has 0 fully saturated rings. The van der Waals surface area contributed by atoms with Gasteiger partial charge in [-0.05, 0) is 47.6 Å². The van der Waals surface area contributed by atoms with Crippen LogP contribution >= 0.6 is 0 Å². The zero-order chi connectivity index (χ0) is 11.6. The first-order valence-corrected chi connectivity index (χ1v) is 5.80. The summed E-state index contributed by atoms with van der Waals surface area (Å²) >= 11 is 0. The van der Waals surface area contributed by atoms with Crippen LogP contribution in [0.1, 0.15) is 40.0 Å². The summed E-state index contributed by atoms with van der Waals surface area (Å²) in [6, 6.07) is 0.748. The molecular formula is C12H30N2. The van der Waals surface area contributed by atoms with E-state index < -0.39 is 0 Å². The highest BCUT2D eigenvalue weighted by Gasteiger charge is 2.07. The van der Waals surface area contributed by atoms with Gasteiger partial charge in [-0.2, -0.15) is 0 Å². The molecule has 0 bridgehead atoms. The molecule has 1 atom stereocenters. The average Bonchev–Trinajstić information content (AvgIpc) is 2.05. The molecule has 0 aromatic carbocycles. The lowest BCUT2D eigenvalue weighted by Crippen LogP contribution is -2.30. The Kier molecular flexibility index (Phi) is 12.8. The van der Waals surface area contributed by atoms with Gasteiger partial charge in [-0.25, -0.2) is 0 Å². The van der Waals surface area contributed by atoms with E-state index in [0.29, 0.717) is 0 Å². The van der Waals surface area contributed by atoms with Crippen molar-refractivity contribution in [1.82, 2.24) is 9.80 Å². The molecule has 0 saturated carbocycles. The SMILES string of the molecule is CCC.CCC(CCN(C)C)N(C)C. The normalized spacial score (nSPS) is 12.6. The third-order valence-corrected chi connectivity index (χ3v) is 2.11. The highest BCUT2D eigenvalue weighted by atomic mass is 15.1. The molecule has 0 rings (SSSR count). The van der Waals surface area contributed by atoms with Crippen molar-refractivity contribution in [3.8, 4) is 0 Å². The van der Waals surface area contributed by atoms with Crippen LogP contribution in [0.5, 0.6) is 0 Å². The lowest BCUT2D eigenvalue weighted by molar-refractivity contribution is 0.245. The average molecular weight is 202 g/mol. The Morgan fingerprint density at radius 2 is 1.36 bits per heavy atom. The van der Waals surface area contributed by atoms with Crippen LogP contribution in [0.15, 0.2) is 0 Å². The Balaban J connectivity index is 0. The molecule has 2 heteroatoms. The molecule has 0 aromatic heterocycles. The molecular weight excluding hydrogens is 172 g/mol. The highest BCUT2D eigenvalue weighted by Crippen LogP contribution is 2.03. The molecule has 0 amide bonds. The quantitative estimate of drug-likeness (QED) is 0.676. The predicted molar refractivity (Wildman–Crippen MR) is 66.9 cm³/mol. The van der Waals surface area contributed by atoms with Crippen LogP contribution in [-0.2, 0) is 0 Å². The van der Waals surface area contributed by atoms with Gasteiger partial charge in [0.2, 0.25) is 0 Å². The van der Waals surface area contributed by atoms with Crippen molar-refractivity contribution in [2.45, 2.75) is 46.1 Å². The minimum Gasteiger partial charge on any atom is -0.309 e. The third-order valence-electron chi connectivity index (χ3n) is 2.11. The van der Waals surface area contributed by atoms with Crippen LogP contribution in [0.25, 0.3) is 0 Å². The second kappa shape index (κ2) is 11.0. The van der Waals surface area contributed by atoms with Crippen molar-refractivity contribution in [1.29, 1.82) is 0 Å². The maximum absolute atomic E-state index is 2.31. The Hall–Kier alpha value is -0.0800. The van der Waals surface area contributed by atoms with Gasteiger partial charge in [-0.1, -0.05) is 27.2 Å². The number of hydrogen-bond donors (Lipinski definition) is 0. The third kappa shape index (κ3) is 11.9. The highest BCUT2D eigenvalue weighted by molar-refractivity contribution is 4.64. The number of hydrogen-bond acceptors (Lipinski definition) is 2. The van der Waals surface area contributed by atoms with Crippen molar-refractivity contribution in [3.05, 3.63) is 0 Å². The molecule has 0 aliphatic carbocycles. The van der Waals surface area contributed by atoms with Crippen LogP contribution in [0.2, 0.25) is 0 Å². The van der Waals surface area contributed by atoms with Crippen LogP contribution < -0.4 is 0 Å². The molecule has 0 N–H and O–H groups in total. The summed E-state index contributed by atoms with van der Waals surface area (Å²) < 4.78 is 0. The Bertz CT molecular complexity index is 100. The van der Waals surface area contributed by atoms with Gasteiger partial charge in [-0.15, -0.1) is 0 Å². The van der Waals surface area contributed by atoms with Crippen molar-refractivity contribution >= 4 is 0 Å². The van der Waals surface area contributed by atoms with Gasteiger partial charge >= 0.3 is 0 Å². The Labute approximate surface area is 91.3 Å². The fourth-order valence-electron chi connectivity index (χ4n) is 1.23. The van der Waals surface area contributed by atoms with Gasteiger partial charge in [0.1, 0.15) is 0 Å². The summed E-state index contributed by atoms with van der Waals surface area (Å²) in [5, 5.41) is 0. The van der Waals surface area contributed by atoms with E-state index in [-0.39, 0.29) is 0 Å². The van der Waals surface area contributed by atoms with Gasteiger partial charge in [0, 0.05) is 6.04 Å². The fraction of sp³-hybridized carbons (Fsp3) is 1.00. The zero-order valence-corrected chi connectivity index (χ0v) is 11.3. The summed E-state index contributed by atoms with van der Waals surface area (Å²) in [6.07, 6.45) is 3.78. The molecule has 88 valence electrons. The van der Waals surface area contributed by atoms with E-state index in [1.165, 1.54) is 25.8 Å². The minimum absolute atomic E-state index is 0.748. The van der Waals surface area contributed by atoms with Crippen LogP contribution in [0.3, 0.4) is 0 Å². The summed E-state index contributed by atoms with van der Waals surface area (Å²) in [5.41, 5.74) is 0. The molecule has 0 aliphatic rings. The van der Waals surface area contributed by atoms with Crippen molar-refractivity contribution in [3.63, 3.8) is 0 Å². The molecule has 1 unspecified atom stereocenters. The second-order valence-electron chi connectivity index (χ2n) is 4.32. The lowest BCUT2D eigenvalue weighted by Gasteiger charge is -2.24. The molecule has 0 radical (unpaired) electrons. The first-order chi connectivity index (χ1) is 6.49.